The van der Waals surface area contributed by atoms with Gasteiger partial charge in [0.25, 0.3) is 5.91 Å². The number of carbonyl (C=O) groups is 2. The Hall–Kier alpha value is -2.63. The number of nitrogens with one attached hydrogen (secondary N) is 1. The van der Waals surface area contributed by atoms with E-state index in [2.05, 4.69) is 5.32 Å². The van der Waals surface area contributed by atoms with E-state index >= 15 is 0 Å². The van der Waals surface area contributed by atoms with Crippen LogP contribution in [0.4, 0.5) is 10.1 Å². The number of carboxylic acids is 1. The second kappa shape index (κ2) is 4.70. The molecule has 0 aliphatic carbocycles. The zero-order valence-electron chi connectivity index (χ0n) is 9.01. The van der Waals surface area contributed by atoms with Crippen LogP contribution in [0.15, 0.2) is 41.0 Å². The normalized spacial score (nSPS) is 10.1. The topological polar surface area (TPSA) is 79.5 Å². The van der Waals surface area contributed by atoms with Crippen LogP contribution in [-0.2, 0) is 0 Å². The second-order valence-electron chi connectivity index (χ2n) is 3.47. The molecule has 0 bridgehead atoms. The van der Waals surface area contributed by atoms with Crippen molar-refractivity contribution in [2.75, 3.05) is 5.32 Å². The number of furan rings is 1. The smallest absolute Gasteiger partial charge is 0.338 e. The summed E-state index contributed by atoms with van der Waals surface area (Å²) in [6.07, 6.45) is 0.974. The lowest BCUT2D eigenvalue weighted by atomic mass is 10.3. The first-order chi connectivity index (χ1) is 8.56. The highest BCUT2D eigenvalue weighted by Crippen LogP contribution is 2.12. The van der Waals surface area contributed by atoms with Crippen LogP contribution in [0.5, 0.6) is 0 Å². The van der Waals surface area contributed by atoms with Crippen LogP contribution in [0.2, 0.25) is 0 Å². The summed E-state index contributed by atoms with van der Waals surface area (Å²) < 4.78 is 17.5. The quantitative estimate of drug-likeness (QED) is 0.875. The van der Waals surface area contributed by atoms with Crippen molar-refractivity contribution in [2.45, 2.75) is 0 Å². The summed E-state index contributed by atoms with van der Waals surface area (Å²) in [5.41, 5.74) is 0.272. The van der Waals surface area contributed by atoms with Gasteiger partial charge in [-0.1, -0.05) is 0 Å². The molecule has 0 radical (unpaired) electrons. The maximum atomic E-state index is 12.6. The lowest BCUT2D eigenvalue weighted by Gasteiger charge is -2.01. The summed E-state index contributed by atoms with van der Waals surface area (Å²) in [5, 5.41) is 11.1. The number of amides is 1. The fraction of sp³-hybridized carbons (Fsp3) is 0. The molecule has 92 valence electrons. The van der Waals surface area contributed by atoms with Gasteiger partial charge in [0.2, 0.25) is 0 Å². The van der Waals surface area contributed by atoms with Crippen molar-refractivity contribution in [2.24, 2.45) is 0 Å². The predicted octanol–water partition coefficient (Wildman–Crippen LogP) is 2.37. The van der Waals surface area contributed by atoms with Crippen molar-refractivity contribution in [3.8, 4) is 0 Å². The zero-order chi connectivity index (χ0) is 13.1. The molecular formula is C12H8FNO4. The minimum atomic E-state index is -1.18. The van der Waals surface area contributed by atoms with Crippen LogP contribution in [0, 0.1) is 5.82 Å². The van der Waals surface area contributed by atoms with Gasteiger partial charge in [-0.15, -0.1) is 0 Å². The monoisotopic (exact) mass is 249 g/mol. The van der Waals surface area contributed by atoms with E-state index in [1.807, 2.05) is 0 Å². The van der Waals surface area contributed by atoms with Gasteiger partial charge in [-0.2, -0.15) is 0 Å². The van der Waals surface area contributed by atoms with Crippen LogP contribution < -0.4 is 5.32 Å². The van der Waals surface area contributed by atoms with Crippen molar-refractivity contribution in [1.82, 2.24) is 0 Å². The molecule has 1 heterocycles. The number of halogens is 1. The number of anilines is 1. The largest absolute Gasteiger partial charge is 0.478 e. The lowest BCUT2D eigenvalue weighted by molar-refractivity contribution is 0.0696. The van der Waals surface area contributed by atoms with E-state index in [0.717, 1.165) is 12.3 Å². The van der Waals surface area contributed by atoms with Crippen LogP contribution >= 0.6 is 0 Å². The Bertz CT molecular complexity index is 588. The van der Waals surface area contributed by atoms with E-state index in [0.29, 0.717) is 5.69 Å². The van der Waals surface area contributed by atoms with Crippen LogP contribution in [0.3, 0.4) is 0 Å². The molecule has 1 aromatic carbocycles. The number of carboxylic acid groups (broad SMARTS) is 1. The molecule has 1 amide bonds. The molecule has 18 heavy (non-hydrogen) atoms. The first-order valence-electron chi connectivity index (χ1n) is 4.95. The molecule has 0 atom stereocenters. The van der Waals surface area contributed by atoms with Crippen molar-refractivity contribution in [3.63, 3.8) is 0 Å². The average Bonchev–Trinajstić information content (AvgIpc) is 2.81. The molecule has 2 rings (SSSR count). The number of rotatable bonds is 3. The number of hydrogen-bond acceptors (Lipinski definition) is 3. The van der Waals surface area contributed by atoms with E-state index in [4.69, 9.17) is 9.52 Å². The first-order valence-corrected chi connectivity index (χ1v) is 4.95. The fourth-order valence-electron chi connectivity index (χ4n) is 1.29. The van der Waals surface area contributed by atoms with E-state index < -0.39 is 17.7 Å². The van der Waals surface area contributed by atoms with Gasteiger partial charge >= 0.3 is 5.97 Å². The standard InChI is InChI=1S/C12H8FNO4/c13-8-1-3-9(4-2-8)14-11(15)10-5-7(6-18-10)12(16)17/h1-6H,(H,14,15)(H,16,17). The van der Waals surface area contributed by atoms with Gasteiger partial charge in [-0.25, -0.2) is 9.18 Å². The van der Waals surface area contributed by atoms with E-state index in [-0.39, 0.29) is 11.3 Å². The van der Waals surface area contributed by atoms with Gasteiger partial charge in [0.05, 0.1) is 5.56 Å². The van der Waals surface area contributed by atoms with Gasteiger partial charge in [-0.3, -0.25) is 4.79 Å². The lowest BCUT2D eigenvalue weighted by Crippen LogP contribution is -2.10. The maximum Gasteiger partial charge on any atom is 0.338 e. The zero-order valence-corrected chi connectivity index (χ0v) is 9.01. The molecule has 0 saturated carbocycles. The summed E-state index contributed by atoms with van der Waals surface area (Å²) in [6.45, 7) is 0. The van der Waals surface area contributed by atoms with Gasteiger partial charge in [0, 0.05) is 11.8 Å². The van der Waals surface area contributed by atoms with Crippen LogP contribution in [0.25, 0.3) is 0 Å². The van der Waals surface area contributed by atoms with E-state index in [1.165, 1.54) is 24.3 Å². The number of benzene rings is 1. The Morgan fingerprint density at radius 3 is 2.44 bits per heavy atom. The third-order valence-electron chi connectivity index (χ3n) is 2.17. The Labute approximate surface area is 101 Å². The van der Waals surface area contributed by atoms with Crippen molar-refractivity contribution in [3.05, 3.63) is 53.7 Å². The third-order valence-corrected chi connectivity index (χ3v) is 2.17. The Balaban J connectivity index is 2.11. The molecule has 0 aliphatic rings. The second-order valence-corrected chi connectivity index (χ2v) is 3.47. The number of hydrogen-bond donors (Lipinski definition) is 2. The summed E-state index contributed by atoms with van der Waals surface area (Å²) in [4.78, 5) is 22.2. The predicted molar refractivity (Wildman–Crippen MR) is 60.0 cm³/mol. The van der Waals surface area contributed by atoms with E-state index in [1.54, 1.807) is 0 Å². The van der Waals surface area contributed by atoms with Crippen molar-refractivity contribution >= 4 is 17.6 Å². The first kappa shape index (κ1) is 11.8. The summed E-state index contributed by atoms with van der Waals surface area (Å²) in [6, 6.07) is 6.27. The minimum absolute atomic E-state index is 0.112. The maximum absolute atomic E-state index is 12.6. The molecule has 0 unspecified atom stereocenters. The van der Waals surface area contributed by atoms with Crippen molar-refractivity contribution in [1.29, 1.82) is 0 Å². The molecular weight excluding hydrogens is 241 g/mol. The summed E-state index contributed by atoms with van der Waals surface area (Å²) >= 11 is 0. The van der Waals surface area contributed by atoms with Gasteiger partial charge < -0.3 is 14.8 Å². The SMILES string of the molecule is O=C(O)c1coc(C(=O)Nc2ccc(F)cc2)c1. The van der Waals surface area contributed by atoms with Crippen LogP contribution in [-0.4, -0.2) is 17.0 Å². The third kappa shape index (κ3) is 2.54. The van der Waals surface area contributed by atoms with Crippen molar-refractivity contribution < 1.29 is 23.5 Å². The highest BCUT2D eigenvalue weighted by molar-refractivity contribution is 6.03. The summed E-state index contributed by atoms with van der Waals surface area (Å²) in [5.74, 6) is -2.33. The molecule has 2 N–H and O–H groups in total. The molecule has 2 aromatic rings. The Morgan fingerprint density at radius 1 is 1.22 bits per heavy atom. The Kier molecular flexibility index (Phi) is 3.09. The van der Waals surface area contributed by atoms with Crippen LogP contribution in [0.1, 0.15) is 20.9 Å². The summed E-state index contributed by atoms with van der Waals surface area (Å²) in [7, 11) is 0. The molecule has 1 aromatic heterocycles. The minimum Gasteiger partial charge on any atom is -0.478 e. The molecule has 0 aliphatic heterocycles. The highest BCUT2D eigenvalue weighted by Gasteiger charge is 2.14. The molecule has 0 spiro atoms. The molecule has 5 nitrogen and oxygen atoms in total. The average molecular weight is 249 g/mol. The van der Waals surface area contributed by atoms with E-state index in [9.17, 15) is 14.0 Å². The number of carbonyl (C=O) groups excluding carboxylic acids is 1. The number of aromatic carboxylic acids is 1. The van der Waals surface area contributed by atoms with Gasteiger partial charge in [-0.05, 0) is 24.3 Å². The molecule has 6 heteroatoms. The molecule has 0 fully saturated rings. The van der Waals surface area contributed by atoms with Gasteiger partial charge in [0.15, 0.2) is 5.76 Å². The highest BCUT2D eigenvalue weighted by atomic mass is 19.1. The fourth-order valence-corrected chi connectivity index (χ4v) is 1.29. The van der Waals surface area contributed by atoms with Gasteiger partial charge in [0.1, 0.15) is 12.1 Å². The molecule has 0 saturated heterocycles. The Morgan fingerprint density at radius 2 is 1.89 bits per heavy atom.